The van der Waals surface area contributed by atoms with Crippen LogP contribution in [-0.2, 0) is 4.79 Å². The van der Waals surface area contributed by atoms with Crippen LogP contribution < -0.4 is 0 Å². The van der Waals surface area contributed by atoms with E-state index in [0.29, 0.717) is 11.8 Å². The van der Waals surface area contributed by atoms with Gasteiger partial charge in [0.05, 0.1) is 5.92 Å². The highest BCUT2D eigenvalue weighted by Crippen LogP contribution is 2.38. The summed E-state index contributed by atoms with van der Waals surface area (Å²) in [7, 11) is 0. The number of hydrogen-bond donors (Lipinski definition) is 1. The van der Waals surface area contributed by atoms with E-state index < -0.39 is 5.97 Å². The van der Waals surface area contributed by atoms with Gasteiger partial charge in [0.15, 0.2) is 0 Å². The van der Waals surface area contributed by atoms with Gasteiger partial charge in [-0.25, -0.2) is 0 Å². The summed E-state index contributed by atoms with van der Waals surface area (Å²) < 4.78 is 0. The molecule has 120 valence electrons. The van der Waals surface area contributed by atoms with Crippen molar-refractivity contribution in [3.05, 3.63) is 0 Å². The lowest BCUT2D eigenvalue weighted by molar-refractivity contribution is -0.144. The van der Waals surface area contributed by atoms with Gasteiger partial charge in [-0.05, 0) is 30.1 Å². The highest BCUT2D eigenvalue weighted by molar-refractivity contribution is 5.70. The molecule has 0 radical (unpaired) electrons. The summed E-state index contributed by atoms with van der Waals surface area (Å²) in [6.07, 6.45) is 7.50. The molecule has 0 aromatic rings. The minimum absolute atomic E-state index is 0.158. The molecule has 1 N–H and O–H groups in total. The maximum Gasteiger partial charge on any atom is 0.306 e. The van der Waals surface area contributed by atoms with Crippen molar-refractivity contribution in [3.63, 3.8) is 0 Å². The van der Waals surface area contributed by atoms with Gasteiger partial charge in [-0.1, -0.05) is 73.6 Å². The molecule has 2 atom stereocenters. The molecule has 0 saturated heterocycles. The van der Waals surface area contributed by atoms with Crippen LogP contribution in [0.25, 0.3) is 0 Å². The molecule has 2 heteroatoms. The van der Waals surface area contributed by atoms with Gasteiger partial charge in [-0.3, -0.25) is 4.79 Å². The van der Waals surface area contributed by atoms with Crippen LogP contribution in [0.2, 0.25) is 0 Å². The van der Waals surface area contributed by atoms with Crippen LogP contribution in [0, 0.1) is 23.2 Å². The van der Waals surface area contributed by atoms with Crippen molar-refractivity contribution in [1.82, 2.24) is 0 Å². The topological polar surface area (TPSA) is 37.3 Å². The van der Waals surface area contributed by atoms with E-state index in [2.05, 4.69) is 41.5 Å². The standard InChI is InChI=1S/C18H36O2/c1-7-9-10-11-12-16(17(19)20)15(8-2)13-18(5,6)14(3)4/h14-16H,7-13H2,1-6H3,(H,19,20). The molecule has 2 nitrogen and oxygen atoms in total. The summed E-state index contributed by atoms with van der Waals surface area (Å²) in [6.45, 7) is 13.4. The molecule has 0 aliphatic heterocycles. The van der Waals surface area contributed by atoms with Crippen LogP contribution in [0.1, 0.15) is 86.5 Å². The summed E-state index contributed by atoms with van der Waals surface area (Å²) in [6, 6.07) is 0. The Balaban J connectivity index is 4.63. The number of rotatable bonds is 11. The van der Waals surface area contributed by atoms with Crippen molar-refractivity contribution in [3.8, 4) is 0 Å². The molecule has 0 saturated carbocycles. The van der Waals surface area contributed by atoms with Crippen molar-refractivity contribution >= 4 is 5.97 Å². The predicted molar refractivity (Wildman–Crippen MR) is 86.9 cm³/mol. The first-order valence-electron chi connectivity index (χ1n) is 8.49. The molecule has 0 bridgehead atoms. The SMILES string of the molecule is CCCCCCC(C(=O)O)C(CC)CC(C)(C)C(C)C. The van der Waals surface area contributed by atoms with Gasteiger partial charge in [0, 0.05) is 0 Å². The monoisotopic (exact) mass is 284 g/mol. The quantitative estimate of drug-likeness (QED) is 0.490. The van der Waals surface area contributed by atoms with Gasteiger partial charge >= 0.3 is 5.97 Å². The van der Waals surface area contributed by atoms with E-state index >= 15 is 0 Å². The van der Waals surface area contributed by atoms with E-state index in [1.54, 1.807) is 0 Å². The number of hydrogen-bond acceptors (Lipinski definition) is 1. The molecule has 0 aliphatic rings. The fourth-order valence-electron chi connectivity index (χ4n) is 2.83. The van der Waals surface area contributed by atoms with Gasteiger partial charge < -0.3 is 5.11 Å². The second kappa shape index (κ2) is 9.41. The number of aliphatic carboxylic acids is 1. The van der Waals surface area contributed by atoms with Crippen LogP contribution >= 0.6 is 0 Å². The first-order valence-corrected chi connectivity index (χ1v) is 8.49. The van der Waals surface area contributed by atoms with Crippen molar-refractivity contribution in [2.45, 2.75) is 86.5 Å². The summed E-state index contributed by atoms with van der Waals surface area (Å²) in [5, 5.41) is 9.57. The number of unbranched alkanes of at least 4 members (excludes halogenated alkanes) is 3. The molecule has 0 amide bonds. The highest BCUT2D eigenvalue weighted by Gasteiger charge is 2.33. The zero-order valence-electron chi connectivity index (χ0n) is 14.5. The van der Waals surface area contributed by atoms with E-state index in [0.717, 1.165) is 25.7 Å². The van der Waals surface area contributed by atoms with Gasteiger partial charge in [-0.15, -0.1) is 0 Å². The zero-order chi connectivity index (χ0) is 15.8. The lowest BCUT2D eigenvalue weighted by atomic mass is 9.70. The van der Waals surface area contributed by atoms with Crippen LogP contribution in [-0.4, -0.2) is 11.1 Å². The average Bonchev–Trinajstić information content (AvgIpc) is 2.36. The predicted octanol–water partition coefficient (Wildman–Crippen LogP) is 5.76. The third-order valence-corrected chi connectivity index (χ3v) is 5.13. The first kappa shape index (κ1) is 19.5. The number of carboxylic acid groups (broad SMARTS) is 1. The minimum Gasteiger partial charge on any atom is -0.481 e. The lowest BCUT2D eigenvalue weighted by Gasteiger charge is -2.35. The van der Waals surface area contributed by atoms with E-state index in [4.69, 9.17) is 0 Å². The minimum atomic E-state index is -0.590. The Morgan fingerprint density at radius 3 is 2.10 bits per heavy atom. The average molecular weight is 284 g/mol. The fourth-order valence-corrected chi connectivity index (χ4v) is 2.83. The molecular formula is C18H36O2. The molecule has 2 unspecified atom stereocenters. The molecule has 0 rings (SSSR count). The largest absolute Gasteiger partial charge is 0.481 e. The Hall–Kier alpha value is -0.530. The summed E-state index contributed by atoms with van der Waals surface area (Å²) in [5.41, 5.74) is 0.220. The van der Waals surface area contributed by atoms with Crippen molar-refractivity contribution < 1.29 is 9.90 Å². The molecule has 0 fully saturated rings. The summed E-state index contributed by atoms with van der Waals surface area (Å²) in [4.78, 5) is 11.6. The molecule has 0 aromatic carbocycles. The molecule has 0 aliphatic carbocycles. The van der Waals surface area contributed by atoms with E-state index in [1.807, 2.05) is 0 Å². The number of carbonyl (C=O) groups is 1. The Kier molecular flexibility index (Phi) is 9.16. The molecule has 0 spiro atoms. The van der Waals surface area contributed by atoms with Crippen molar-refractivity contribution in [2.24, 2.45) is 23.2 Å². The molecule has 0 aromatic heterocycles. The van der Waals surface area contributed by atoms with Crippen LogP contribution in [0.5, 0.6) is 0 Å². The van der Waals surface area contributed by atoms with Gasteiger partial charge in [0.2, 0.25) is 0 Å². The normalized spacial score (nSPS) is 15.3. The van der Waals surface area contributed by atoms with Gasteiger partial charge in [-0.2, -0.15) is 0 Å². The van der Waals surface area contributed by atoms with Crippen molar-refractivity contribution in [1.29, 1.82) is 0 Å². The van der Waals surface area contributed by atoms with E-state index in [9.17, 15) is 9.90 Å². The summed E-state index contributed by atoms with van der Waals surface area (Å²) >= 11 is 0. The Morgan fingerprint density at radius 1 is 1.10 bits per heavy atom. The van der Waals surface area contributed by atoms with E-state index in [1.165, 1.54) is 19.3 Å². The molecule has 20 heavy (non-hydrogen) atoms. The van der Waals surface area contributed by atoms with Crippen LogP contribution in [0.3, 0.4) is 0 Å². The second-order valence-electron chi connectivity index (χ2n) is 7.31. The maximum atomic E-state index is 11.6. The van der Waals surface area contributed by atoms with Gasteiger partial charge in [0.1, 0.15) is 0 Å². The van der Waals surface area contributed by atoms with E-state index in [-0.39, 0.29) is 11.3 Å². The van der Waals surface area contributed by atoms with Gasteiger partial charge in [0.25, 0.3) is 0 Å². The Bertz CT molecular complexity index is 269. The number of carboxylic acids is 1. The van der Waals surface area contributed by atoms with Crippen LogP contribution in [0.4, 0.5) is 0 Å². The smallest absolute Gasteiger partial charge is 0.306 e. The van der Waals surface area contributed by atoms with Crippen molar-refractivity contribution in [2.75, 3.05) is 0 Å². The Morgan fingerprint density at radius 2 is 1.70 bits per heavy atom. The molecule has 0 heterocycles. The second-order valence-corrected chi connectivity index (χ2v) is 7.31. The third-order valence-electron chi connectivity index (χ3n) is 5.13. The summed E-state index contributed by atoms with van der Waals surface area (Å²) in [5.74, 6) is 0.153. The third kappa shape index (κ3) is 6.76. The van der Waals surface area contributed by atoms with Crippen LogP contribution in [0.15, 0.2) is 0 Å². The zero-order valence-corrected chi connectivity index (χ0v) is 14.5. The highest BCUT2D eigenvalue weighted by atomic mass is 16.4. The maximum absolute atomic E-state index is 11.6. The molecular weight excluding hydrogens is 248 g/mol. The lowest BCUT2D eigenvalue weighted by Crippen LogP contribution is -2.30. The fraction of sp³-hybridized carbons (Fsp3) is 0.944. The first-order chi connectivity index (χ1) is 9.26. The Labute approximate surface area is 126 Å².